The summed E-state index contributed by atoms with van der Waals surface area (Å²) in [6, 6.07) is 17.7. The van der Waals surface area contributed by atoms with Crippen LogP contribution in [0.1, 0.15) is 33.6 Å². The number of fused-ring (bicyclic) bond motifs is 1. The van der Waals surface area contributed by atoms with Crippen molar-refractivity contribution in [1.29, 1.82) is 0 Å². The number of aryl methyl sites for hydroxylation is 4. The lowest BCUT2D eigenvalue weighted by atomic mass is 10.1. The Kier molecular flexibility index (Phi) is 7.77. The largest absolute Gasteiger partial charge is 0.350 e. The average Bonchev–Trinajstić information content (AvgIpc) is 3.57. The molecular formula is C33H31N9O5. The Morgan fingerprint density at radius 3 is 2.30 bits per heavy atom. The van der Waals surface area contributed by atoms with Gasteiger partial charge in [-0.3, -0.25) is 19.0 Å². The van der Waals surface area contributed by atoms with Crippen LogP contribution in [0.25, 0.3) is 27.8 Å². The molecule has 2 amide bonds. The average molecular weight is 634 g/mol. The number of carbonyl (C=O) groups excluding carboxylic acids is 2. The van der Waals surface area contributed by atoms with Crippen LogP contribution in [0.4, 0.5) is 11.4 Å². The van der Waals surface area contributed by atoms with Gasteiger partial charge in [0.25, 0.3) is 17.4 Å². The molecular weight excluding hydrogens is 602 g/mol. The number of nitrogens with one attached hydrogen (secondary N) is 2. The molecule has 14 heteroatoms. The lowest BCUT2D eigenvalue weighted by Crippen LogP contribution is -2.38. The van der Waals surface area contributed by atoms with E-state index in [1.165, 1.54) is 40.2 Å². The summed E-state index contributed by atoms with van der Waals surface area (Å²) in [5.41, 5.74) is 2.38. The van der Waals surface area contributed by atoms with Gasteiger partial charge in [-0.15, -0.1) is 0 Å². The summed E-state index contributed by atoms with van der Waals surface area (Å²) in [6.45, 7) is 4.30. The first kappa shape index (κ1) is 30.7. The number of benzene rings is 2. The molecule has 2 aromatic carbocycles. The number of nitrogens with zero attached hydrogens (tertiary/aromatic N) is 7. The van der Waals surface area contributed by atoms with E-state index in [-0.39, 0.29) is 22.6 Å². The fourth-order valence-corrected chi connectivity index (χ4v) is 5.63. The predicted molar refractivity (Wildman–Crippen MR) is 177 cm³/mol. The molecule has 0 fully saturated rings. The van der Waals surface area contributed by atoms with Crippen molar-refractivity contribution in [1.82, 2.24) is 33.0 Å². The minimum absolute atomic E-state index is 0.0585. The summed E-state index contributed by atoms with van der Waals surface area (Å²) in [5.74, 6) is -0.478. The summed E-state index contributed by atoms with van der Waals surface area (Å²) < 4.78 is 6.93. The molecule has 47 heavy (non-hydrogen) atoms. The van der Waals surface area contributed by atoms with Gasteiger partial charge in [-0.2, -0.15) is 5.10 Å². The molecule has 6 aromatic rings. The van der Waals surface area contributed by atoms with Crippen molar-refractivity contribution in [2.45, 2.75) is 20.4 Å². The predicted octanol–water partition coefficient (Wildman–Crippen LogP) is 2.82. The highest BCUT2D eigenvalue weighted by Gasteiger charge is 2.20. The molecule has 238 valence electrons. The van der Waals surface area contributed by atoms with Gasteiger partial charge in [0.15, 0.2) is 5.69 Å². The van der Waals surface area contributed by atoms with E-state index in [1.807, 2.05) is 47.9 Å². The topological polar surface area (TPSA) is 160 Å². The molecule has 2 N–H and O–H groups in total. The van der Waals surface area contributed by atoms with Gasteiger partial charge in [-0.1, -0.05) is 18.2 Å². The van der Waals surface area contributed by atoms with Gasteiger partial charge in [0.2, 0.25) is 0 Å². The maximum absolute atomic E-state index is 13.6. The van der Waals surface area contributed by atoms with E-state index in [2.05, 4.69) is 20.7 Å². The van der Waals surface area contributed by atoms with Crippen LogP contribution < -0.4 is 27.6 Å². The van der Waals surface area contributed by atoms with Crippen LogP contribution in [0.15, 0.2) is 87.4 Å². The van der Waals surface area contributed by atoms with Crippen molar-refractivity contribution in [3.63, 3.8) is 0 Å². The highest BCUT2D eigenvalue weighted by atomic mass is 16.2. The molecule has 0 radical (unpaired) electrons. The van der Waals surface area contributed by atoms with E-state index in [1.54, 1.807) is 38.4 Å². The number of anilines is 2. The summed E-state index contributed by atoms with van der Waals surface area (Å²) >= 11 is 0. The monoisotopic (exact) mass is 633 g/mol. The molecule has 0 unspecified atom stereocenters. The van der Waals surface area contributed by atoms with Gasteiger partial charge in [0.05, 0.1) is 11.2 Å². The summed E-state index contributed by atoms with van der Waals surface area (Å²) in [6.07, 6.45) is 2.83. The number of amides is 2. The Morgan fingerprint density at radius 2 is 1.62 bits per heavy atom. The highest BCUT2D eigenvalue weighted by molar-refractivity contribution is 6.12. The molecule has 6 rings (SSSR count). The minimum atomic E-state index is -0.640. The number of carbonyl (C=O) groups is 2. The molecule has 4 aromatic heterocycles. The second-order valence-corrected chi connectivity index (χ2v) is 11.0. The summed E-state index contributed by atoms with van der Waals surface area (Å²) in [5, 5.41) is 10.4. The van der Waals surface area contributed by atoms with E-state index in [4.69, 9.17) is 0 Å². The van der Waals surface area contributed by atoms with E-state index in [9.17, 15) is 24.0 Å². The minimum Gasteiger partial charge on any atom is -0.339 e. The molecule has 0 atom stereocenters. The quantitative estimate of drug-likeness (QED) is 0.273. The Balaban J connectivity index is 1.28. The first-order valence-electron chi connectivity index (χ1n) is 14.7. The van der Waals surface area contributed by atoms with Crippen LogP contribution in [0.5, 0.6) is 0 Å². The lowest BCUT2D eigenvalue weighted by Gasteiger charge is -2.12. The number of pyridine rings is 1. The summed E-state index contributed by atoms with van der Waals surface area (Å²) in [7, 11) is 4.41. The van der Waals surface area contributed by atoms with Gasteiger partial charge >= 0.3 is 11.4 Å². The van der Waals surface area contributed by atoms with Crippen molar-refractivity contribution < 1.29 is 9.59 Å². The van der Waals surface area contributed by atoms with Crippen LogP contribution in [0.2, 0.25) is 0 Å². The van der Waals surface area contributed by atoms with Gasteiger partial charge in [0.1, 0.15) is 11.5 Å². The first-order valence-corrected chi connectivity index (χ1v) is 14.7. The van der Waals surface area contributed by atoms with Crippen molar-refractivity contribution in [2.24, 2.45) is 21.1 Å². The third kappa shape index (κ3) is 5.45. The molecule has 0 spiro atoms. The highest BCUT2D eigenvalue weighted by Crippen LogP contribution is 2.31. The molecule has 0 saturated heterocycles. The van der Waals surface area contributed by atoms with Crippen LogP contribution in [0, 0.1) is 6.92 Å². The maximum Gasteiger partial charge on any atom is 0.350 e. The van der Waals surface area contributed by atoms with E-state index >= 15 is 0 Å². The van der Waals surface area contributed by atoms with Gasteiger partial charge in [-0.05, 0) is 61.9 Å². The van der Waals surface area contributed by atoms with Crippen LogP contribution in [-0.2, 0) is 27.7 Å². The van der Waals surface area contributed by atoms with E-state index in [0.717, 1.165) is 21.2 Å². The first-order chi connectivity index (χ1) is 22.5. The zero-order chi connectivity index (χ0) is 33.6. The smallest absolute Gasteiger partial charge is 0.339 e. The SMILES string of the molecule is CCn1c(-c2ccc(-n3c(C)nn(C)c3=O)cc2)cc2ccnc(C(=O)Nc3cccc(C(=O)Nc4cn(C)c(=O)n(C)c4=O)c3)c21. The third-order valence-electron chi connectivity index (χ3n) is 7.92. The fourth-order valence-electron chi connectivity index (χ4n) is 5.63. The van der Waals surface area contributed by atoms with Crippen molar-refractivity contribution in [3.05, 3.63) is 121 Å². The van der Waals surface area contributed by atoms with Crippen molar-refractivity contribution >= 4 is 34.1 Å². The zero-order valence-corrected chi connectivity index (χ0v) is 26.3. The Labute approximate surface area is 267 Å². The number of aromatic nitrogens is 7. The lowest BCUT2D eigenvalue weighted by molar-refractivity contribution is 0.101. The third-order valence-corrected chi connectivity index (χ3v) is 7.92. The second-order valence-electron chi connectivity index (χ2n) is 11.0. The van der Waals surface area contributed by atoms with Gasteiger partial charge < -0.3 is 19.8 Å². The molecule has 0 bridgehead atoms. The molecule has 4 heterocycles. The van der Waals surface area contributed by atoms with Crippen LogP contribution in [-0.4, -0.2) is 44.8 Å². The van der Waals surface area contributed by atoms with E-state index in [0.29, 0.717) is 29.3 Å². The molecule has 0 aliphatic carbocycles. The Hall–Kier alpha value is -6.31. The van der Waals surface area contributed by atoms with Crippen LogP contribution >= 0.6 is 0 Å². The zero-order valence-electron chi connectivity index (χ0n) is 26.3. The molecule has 0 aliphatic heterocycles. The number of hydrogen-bond acceptors (Lipinski definition) is 7. The van der Waals surface area contributed by atoms with Crippen molar-refractivity contribution in [3.8, 4) is 16.9 Å². The Morgan fingerprint density at radius 1 is 0.872 bits per heavy atom. The van der Waals surface area contributed by atoms with Gasteiger partial charge in [-0.25, -0.2) is 23.8 Å². The van der Waals surface area contributed by atoms with Gasteiger partial charge in [0, 0.05) is 62.4 Å². The van der Waals surface area contributed by atoms with Crippen molar-refractivity contribution in [2.75, 3.05) is 10.6 Å². The molecule has 0 aliphatic rings. The number of rotatable bonds is 7. The Bertz CT molecular complexity index is 2390. The standard InChI is InChI=1S/C33H31N9O5/c1-6-41-26(20-10-12-24(13-11-20)42-19(2)37-40(5)33(42)47)17-21-14-15-34-27(28(21)41)30(44)35-23-9-7-8-22(16-23)29(43)36-25-18-38(3)32(46)39(4)31(25)45/h7-18H,6H2,1-5H3,(H,35,44)(H,36,43). The normalized spacial score (nSPS) is 11.2. The fraction of sp³-hybridized carbons (Fsp3) is 0.182. The van der Waals surface area contributed by atoms with Crippen LogP contribution in [0.3, 0.4) is 0 Å². The van der Waals surface area contributed by atoms with E-state index < -0.39 is 23.1 Å². The second kappa shape index (κ2) is 11.9. The molecule has 14 nitrogen and oxygen atoms in total. The molecule has 0 saturated carbocycles. The maximum atomic E-state index is 13.6. The summed E-state index contributed by atoms with van der Waals surface area (Å²) in [4.78, 5) is 68.1. The number of hydrogen-bond donors (Lipinski definition) is 2.